The van der Waals surface area contributed by atoms with Gasteiger partial charge in [-0.2, -0.15) is 0 Å². The zero-order chi connectivity index (χ0) is 18.2. The Morgan fingerprint density at radius 1 is 0.880 bits per heavy atom. The Labute approximate surface area is 148 Å². The van der Waals surface area contributed by atoms with E-state index in [4.69, 9.17) is 12.2 Å². The van der Waals surface area contributed by atoms with E-state index in [1.54, 1.807) is 0 Å². The Bertz CT molecular complexity index is 794. The van der Waals surface area contributed by atoms with Crippen LogP contribution in [0.15, 0.2) is 48.8 Å². The van der Waals surface area contributed by atoms with E-state index in [0.29, 0.717) is 11.1 Å². The summed E-state index contributed by atoms with van der Waals surface area (Å²) < 4.78 is 4.58. The minimum absolute atomic E-state index is 0.0792. The van der Waals surface area contributed by atoms with Gasteiger partial charge in [0.2, 0.25) is 0 Å². The summed E-state index contributed by atoms with van der Waals surface area (Å²) in [6.07, 6.45) is 2.96. The normalized spacial score (nSPS) is 9.64. The number of carbonyl (C=O) groups is 3. The highest BCUT2D eigenvalue weighted by molar-refractivity contribution is 7.80. The standard InChI is InChI=1S/C16H14N4O4S/c1-24-15(23)12-4-2-10(3-5-12)13(21)18-16(25)20-19-14(22)11-6-8-17-9-7-11/h2-9H,1H3,(H,19,22)(H2,18,20,21,25). The molecule has 0 saturated heterocycles. The number of ether oxygens (including phenoxy) is 1. The summed E-state index contributed by atoms with van der Waals surface area (Å²) in [4.78, 5) is 39.0. The maximum Gasteiger partial charge on any atom is 0.337 e. The summed E-state index contributed by atoms with van der Waals surface area (Å²) in [6, 6.07) is 8.90. The number of thiocarbonyl (C=S) groups is 1. The maximum atomic E-state index is 12.0. The second kappa shape index (κ2) is 8.50. The summed E-state index contributed by atoms with van der Waals surface area (Å²) >= 11 is 4.94. The first kappa shape index (κ1) is 18.0. The molecule has 0 aliphatic carbocycles. The Kier molecular flexibility index (Phi) is 6.13. The van der Waals surface area contributed by atoms with E-state index in [9.17, 15) is 14.4 Å². The fourth-order valence-electron chi connectivity index (χ4n) is 1.77. The van der Waals surface area contributed by atoms with Gasteiger partial charge in [-0.15, -0.1) is 0 Å². The third kappa shape index (κ3) is 5.08. The quantitative estimate of drug-likeness (QED) is 0.423. The second-order valence-electron chi connectivity index (χ2n) is 4.67. The van der Waals surface area contributed by atoms with Crippen molar-refractivity contribution in [3.8, 4) is 0 Å². The van der Waals surface area contributed by atoms with E-state index in [0.717, 1.165) is 0 Å². The van der Waals surface area contributed by atoms with Gasteiger partial charge in [0.25, 0.3) is 11.8 Å². The lowest BCUT2D eigenvalue weighted by Crippen LogP contribution is -2.48. The number of hydrogen-bond donors (Lipinski definition) is 3. The highest BCUT2D eigenvalue weighted by Crippen LogP contribution is 2.05. The van der Waals surface area contributed by atoms with Crippen molar-refractivity contribution in [2.75, 3.05) is 7.11 Å². The highest BCUT2D eigenvalue weighted by atomic mass is 32.1. The molecule has 1 aromatic carbocycles. The third-order valence-electron chi connectivity index (χ3n) is 3.03. The fourth-order valence-corrected chi connectivity index (χ4v) is 1.91. The average molecular weight is 358 g/mol. The lowest BCUT2D eigenvalue weighted by Gasteiger charge is -2.11. The summed E-state index contributed by atoms with van der Waals surface area (Å²) in [5.74, 6) is -1.42. The molecule has 128 valence electrons. The number of hydrogen-bond acceptors (Lipinski definition) is 6. The molecule has 0 spiro atoms. The van der Waals surface area contributed by atoms with Gasteiger partial charge in [0.1, 0.15) is 0 Å². The van der Waals surface area contributed by atoms with E-state index in [1.807, 2.05) is 0 Å². The number of nitrogens with zero attached hydrogens (tertiary/aromatic N) is 1. The lowest BCUT2D eigenvalue weighted by atomic mass is 10.1. The van der Waals surface area contributed by atoms with Crippen molar-refractivity contribution in [1.82, 2.24) is 21.2 Å². The van der Waals surface area contributed by atoms with Gasteiger partial charge in [0.15, 0.2) is 5.11 Å². The summed E-state index contributed by atoms with van der Waals surface area (Å²) in [6.45, 7) is 0. The van der Waals surface area contributed by atoms with Crippen LogP contribution in [-0.4, -0.2) is 35.0 Å². The predicted octanol–water partition coefficient (Wildman–Crippen LogP) is 0.817. The Morgan fingerprint density at radius 3 is 2.04 bits per heavy atom. The van der Waals surface area contributed by atoms with Crippen LogP contribution < -0.4 is 16.2 Å². The summed E-state index contributed by atoms with van der Waals surface area (Å²) in [7, 11) is 1.27. The molecule has 25 heavy (non-hydrogen) atoms. The Morgan fingerprint density at radius 2 is 1.44 bits per heavy atom. The first-order valence-electron chi connectivity index (χ1n) is 7.01. The molecule has 0 bridgehead atoms. The van der Waals surface area contributed by atoms with Gasteiger partial charge in [-0.05, 0) is 48.6 Å². The predicted molar refractivity (Wildman–Crippen MR) is 92.7 cm³/mol. The molecule has 3 N–H and O–H groups in total. The van der Waals surface area contributed by atoms with Crippen LogP contribution in [0, 0.1) is 0 Å². The van der Waals surface area contributed by atoms with Gasteiger partial charge in [0.05, 0.1) is 12.7 Å². The van der Waals surface area contributed by atoms with Crippen molar-refractivity contribution in [2.45, 2.75) is 0 Å². The minimum Gasteiger partial charge on any atom is -0.465 e. The van der Waals surface area contributed by atoms with Crippen LogP contribution >= 0.6 is 12.2 Å². The molecular weight excluding hydrogens is 344 g/mol. The number of pyridine rings is 1. The smallest absolute Gasteiger partial charge is 0.337 e. The SMILES string of the molecule is COC(=O)c1ccc(C(=O)NC(=S)NNC(=O)c2ccncc2)cc1. The molecule has 0 unspecified atom stereocenters. The van der Waals surface area contributed by atoms with Crippen LogP contribution in [0.3, 0.4) is 0 Å². The molecule has 1 aromatic heterocycles. The van der Waals surface area contributed by atoms with E-state index >= 15 is 0 Å². The van der Waals surface area contributed by atoms with E-state index < -0.39 is 17.8 Å². The molecule has 9 heteroatoms. The van der Waals surface area contributed by atoms with E-state index in [-0.39, 0.29) is 10.7 Å². The van der Waals surface area contributed by atoms with E-state index in [1.165, 1.54) is 55.9 Å². The van der Waals surface area contributed by atoms with Crippen molar-refractivity contribution in [1.29, 1.82) is 0 Å². The van der Waals surface area contributed by atoms with Crippen LogP contribution in [0.25, 0.3) is 0 Å². The van der Waals surface area contributed by atoms with Crippen molar-refractivity contribution in [2.24, 2.45) is 0 Å². The number of rotatable bonds is 3. The van der Waals surface area contributed by atoms with E-state index in [2.05, 4.69) is 25.9 Å². The zero-order valence-corrected chi connectivity index (χ0v) is 13.9. The van der Waals surface area contributed by atoms with Gasteiger partial charge >= 0.3 is 5.97 Å². The number of benzene rings is 1. The number of nitrogens with one attached hydrogen (secondary N) is 3. The van der Waals surface area contributed by atoms with Crippen LogP contribution in [0.2, 0.25) is 0 Å². The van der Waals surface area contributed by atoms with Crippen molar-refractivity contribution >= 4 is 35.1 Å². The summed E-state index contributed by atoms with van der Waals surface area (Å²) in [5, 5.41) is 2.32. The van der Waals surface area contributed by atoms with Crippen LogP contribution in [0.5, 0.6) is 0 Å². The monoisotopic (exact) mass is 358 g/mol. The number of amides is 2. The number of hydrazine groups is 1. The van der Waals surface area contributed by atoms with Crippen LogP contribution in [0.1, 0.15) is 31.1 Å². The Hall–Kier alpha value is -3.33. The third-order valence-corrected chi connectivity index (χ3v) is 3.23. The second-order valence-corrected chi connectivity index (χ2v) is 5.08. The first-order chi connectivity index (χ1) is 12.0. The molecule has 0 saturated carbocycles. The fraction of sp³-hybridized carbons (Fsp3) is 0.0625. The van der Waals surface area contributed by atoms with Crippen molar-refractivity contribution in [3.63, 3.8) is 0 Å². The van der Waals surface area contributed by atoms with Crippen LogP contribution in [-0.2, 0) is 4.74 Å². The molecule has 2 aromatic rings. The molecule has 0 aliphatic heterocycles. The average Bonchev–Trinajstić information content (AvgIpc) is 2.66. The van der Waals surface area contributed by atoms with Crippen LogP contribution in [0.4, 0.5) is 0 Å². The van der Waals surface area contributed by atoms with Gasteiger partial charge in [-0.3, -0.25) is 30.7 Å². The summed E-state index contributed by atoms with van der Waals surface area (Å²) in [5.41, 5.74) is 5.78. The molecule has 1 heterocycles. The molecule has 0 fully saturated rings. The Balaban J connectivity index is 1.86. The lowest BCUT2D eigenvalue weighted by molar-refractivity contribution is 0.0600. The first-order valence-corrected chi connectivity index (χ1v) is 7.42. The van der Waals surface area contributed by atoms with Gasteiger partial charge in [-0.1, -0.05) is 0 Å². The van der Waals surface area contributed by atoms with Gasteiger partial charge in [-0.25, -0.2) is 4.79 Å². The highest BCUT2D eigenvalue weighted by Gasteiger charge is 2.11. The number of esters is 1. The van der Waals surface area contributed by atoms with Crippen molar-refractivity contribution in [3.05, 3.63) is 65.5 Å². The molecule has 2 rings (SSSR count). The number of carbonyl (C=O) groups excluding carboxylic acids is 3. The zero-order valence-electron chi connectivity index (χ0n) is 13.1. The molecule has 0 radical (unpaired) electrons. The topological polar surface area (TPSA) is 109 Å². The molecule has 0 aliphatic rings. The van der Waals surface area contributed by atoms with Gasteiger partial charge < -0.3 is 4.74 Å². The molecule has 0 atom stereocenters. The number of methoxy groups -OCH3 is 1. The maximum absolute atomic E-state index is 12.0. The van der Waals surface area contributed by atoms with Gasteiger partial charge in [0, 0.05) is 23.5 Å². The minimum atomic E-state index is -0.497. The number of aromatic nitrogens is 1. The molecular formula is C16H14N4O4S. The van der Waals surface area contributed by atoms with Crippen molar-refractivity contribution < 1.29 is 19.1 Å². The molecule has 8 nitrogen and oxygen atoms in total. The molecule has 2 amide bonds. The largest absolute Gasteiger partial charge is 0.465 e.